The van der Waals surface area contributed by atoms with Gasteiger partial charge >= 0.3 is 0 Å². The minimum atomic E-state index is -2.94. The summed E-state index contributed by atoms with van der Waals surface area (Å²) in [4.78, 5) is 11.0. The van der Waals surface area contributed by atoms with Gasteiger partial charge in [-0.15, -0.1) is 0 Å². The van der Waals surface area contributed by atoms with E-state index >= 15 is 0 Å². The summed E-state index contributed by atoms with van der Waals surface area (Å²) >= 11 is 0. The van der Waals surface area contributed by atoms with Gasteiger partial charge in [0.2, 0.25) is 5.95 Å². The van der Waals surface area contributed by atoms with Crippen molar-refractivity contribution in [3.05, 3.63) is 249 Å². The third-order valence-corrected chi connectivity index (χ3v) is 16.9. The van der Waals surface area contributed by atoms with Crippen molar-refractivity contribution in [1.82, 2.24) is 14.5 Å². The molecule has 62 heavy (non-hydrogen) atoms. The zero-order valence-electron chi connectivity index (χ0n) is 34.0. The van der Waals surface area contributed by atoms with Crippen LogP contribution >= 0.6 is 0 Å². The number of nitrogens with zero attached hydrogens (tertiary/aromatic N) is 3. The van der Waals surface area contributed by atoms with E-state index in [0.29, 0.717) is 5.95 Å². The van der Waals surface area contributed by atoms with Crippen LogP contribution in [0.4, 0.5) is 0 Å². The third-order valence-electron chi connectivity index (χ3n) is 12.2. The molecule has 0 radical (unpaired) electrons. The molecule has 0 fully saturated rings. The minimum absolute atomic E-state index is 0.631. The topological polar surface area (TPSA) is 30.7 Å². The number of hydrogen-bond donors (Lipinski definition) is 0. The Morgan fingerprint density at radius 2 is 0.742 bits per heavy atom. The second-order valence-corrected chi connectivity index (χ2v) is 19.5. The van der Waals surface area contributed by atoms with Gasteiger partial charge in [-0.05, 0) is 49.6 Å². The van der Waals surface area contributed by atoms with Gasteiger partial charge in [-0.2, -0.15) is 0 Å². The van der Waals surface area contributed by atoms with E-state index in [9.17, 15) is 0 Å². The average molecular weight is 808 g/mol. The molecule has 0 atom stereocenters. The largest absolute Gasteiger partial charge is 0.277 e. The van der Waals surface area contributed by atoms with Crippen LogP contribution in [0.15, 0.2) is 249 Å². The Labute approximate surface area is 362 Å². The molecule has 3 nitrogen and oxygen atoms in total. The molecule has 0 bridgehead atoms. The fourth-order valence-corrected chi connectivity index (χ4v) is 14.2. The Hall–Kier alpha value is -7.92. The smallest absolute Gasteiger partial charge is 0.235 e. The van der Waals surface area contributed by atoms with Crippen LogP contribution in [-0.4, -0.2) is 22.6 Å². The van der Waals surface area contributed by atoms with Crippen LogP contribution in [0.3, 0.4) is 0 Å². The van der Waals surface area contributed by atoms with Crippen molar-refractivity contribution in [2.75, 3.05) is 0 Å². The van der Waals surface area contributed by atoms with Crippen LogP contribution in [0.5, 0.6) is 0 Å². The highest BCUT2D eigenvalue weighted by molar-refractivity contribution is 7.20. The quantitative estimate of drug-likeness (QED) is 0.107. The van der Waals surface area contributed by atoms with Crippen molar-refractivity contribution in [2.24, 2.45) is 0 Å². The van der Waals surface area contributed by atoms with Gasteiger partial charge in [0.25, 0.3) is 0 Å². The second-order valence-electron chi connectivity index (χ2n) is 15.7. The summed E-state index contributed by atoms with van der Waals surface area (Å²) in [7, 11) is -2.94. The molecule has 0 amide bonds. The van der Waals surface area contributed by atoms with Crippen molar-refractivity contribution in [2.45, 2.75) is 0 Å². The van der Waals surface area contributed by atoms with Crippen LogP contribution in [-0.2, 0) is 0 Å². The SMILES string of the molecule is c1ccc(-c2cccc([Si](c3ccccc3)(c3ccccc3)c3cccc(-c4cc(-c5ccccc5)nc(-n5c6ccccc6c6cccc(-c7ccccc7)c65)n4)c3)c2)cc1. The van der Waals surface area contributed by atoms with Gasteiger partial charge in [0.1, 0.15) is 0 Å². The Kier molecular flexibility index (Phi) is 9.53. The fourth-order valence-electron chi connectivity index (χ4n) is 9.37. The van der Waals surface area contributed by atoms with Crippen LogP contribution in [0.25, 0.3) is 72.5 Å². The molecular formula is C58H41N3Si. The fraction of sp³-hybridized carbons (Fsp3) is 0. The number of hydrogen-bond acceptors (Lipinski definition) is 2. The van der Waals surface area contributed by atoms with E-state index in [0.717, 1.165) is 50.1 Å². The highest BCUT2D eigenvalue weighted by Crippen LogP contribution is 2.38. The second kappa shape index (κ2) is 15.9. The van der Waals surface area contributed by atoms with Crippen LogP contribution in [0, 0.1) is 0 Å². The summed E-state index contributed by atoms with van der Waals surface area (Å²) in [6.45, 7) is 0. The van der Waals surface area contributed by atoms with Crippen LogP contribution in [0.1, 0.15) is 0 Å². The summed E-state index contributed by atoms with van der Waals surface area (Å²) in [5, 5.41) is 7.57. The maximum atomic E-state index is 5.57. The highest BCUT2D eigenvalue weighted by Gasteiger charge is 2.41. The minimum Gasteiger partial charge on any atom is -0.277 e. The Bertz CT molecular complexity index is 3290. The lowest BCUT2D eigenvalue weighted by Crippen LogP contribution is -2.74. The Morgan fingerprint density at radius 3 is 1.37 bits per heavy atom. The predicted molar refractivity (Wildman–Crippen MR) is 262 cm³/mol. The number of aromatic nitrogens is 3. The predicted octanol–water partition coefficient (Wildman–Crippen LogP) is 11.6. The van der Waals surface area contributed by atoms with E-state index < -0.39 is 8.07 Å². The van der Waals surface area contributed by atoms with E-state index in [1.54, 1.807) is 0 Å². The van der Waals surface area contributed by atoms with Crippen molar-refractivity contribution in [3.8, 4) is 50.7 Å². The lowest BCUT2D eigenvalue weighted by molar-refractivity contribution is 0.996. The first-order chi connectivity index (χ1) is 30.8. The molecule has 4 heteroatoms. The normalized spacial score (nSPS) is 11.5. The lowest BCUT2D eigenvalue weighted by Gasteiger charge is -2.35. The molecule has 11 rings (SSSR count). The molecule has 0 saturated heterocycles. The first-order valence-electron chi connectivity index (χ1n) is 21.2. The molecule has 0 aliphatic heterocycles. The molecule has 0 N–H and O–H groups in total. The third kappa shape index (κ3) is 6.46. The molecular weight excluding hydrogens is 767 g/mol. The van der Waals surface area contributed by atoms with Crippen LogP contribution in [0.2, 0.25) is 0 Å². The number of benzene rings is 9. The summed E-state index contributed by atoms with van der Waals surface area (Å²) in [5.41, 5.74) is 10.6. The Morgan fingerprint density at radius 1 is 0.306 bits per heavy atom. The standard InChI is InChI=1S/C58H41N3Si/c1-6-21-42(22-7-1)45-27-18-33-49(39-45)62(47-29-12-4-13-30-47,48-31-14-5-15-32-48)50-34-19-28-46(40-50)55-41-54(44-25-10-3-11-26-44)59-58(60-55)61-56-38-17-16-35-52(56)53-37-20-36-51(57(53)61)43-23-8-2-9-24-43/h1-41H. The van der Waals surface area contributed by atoms with Gasteiger partial charge in [0.15, 0.2) is 8.07 Å². The van der Waals surface area contributed by atoms with Gasteiger partial charge < -0.3 is 0 Å². The van der Waals surface area contributed by atoms with Crippen molar-refractivity contribution < 1.29 is 0 Å². The van der Waals surface area contributed by atoms with Crippen molar-refractivity contribution in [1.29, 1.82) is 0 Å². The molecule has 2 aromatic heterocycles. The van der Waals surface area contributed by atoms with Crippen molar-refractivity contribution >= 4 is 50.6 Å². The van der Waals surface area contributed by atoms with Gasteiger partial charge in [0, 0.05) is 27.5 Å². The number of rotatable bonds is 9. The van der Waals surface area contributed by atoms with Gasteiger partial charge in [-0.3, -0.25) is 4.57 Å². The molecule has 11 aromatic rings. The molecule has 0 unspecified atom stereocenters. The van der Waals surface area contributed by atoms with E-state index in [2.05, 4.69) is 253 Å². The van der Waals surface area contributed by atoms with Crippen molar-refractivity contribution in [3.63, 3.8) is 0 Å². The van der Waals surface area contributed by atoms with Gasteiger partial charge in [-0.25, -0.2) is 9.97 Å². The van der Waals surface area contributed by atoms with E-state index in [1.807, 2.05) is 0 Å². The maximum Gasteiger partial charge on any atom is 0.235 e. The Balaban J connectivity index is 1.18. The highest BCUT2D eigenvalue weighted by atomic mass is 28.3. The average Bonchev–Trinajstić information content (AvgIpc) is 3.71. The zero-order chi connectivity index (χ0) is 41.3. The summed E-state index contributed by atoms with van der Waals surface area (Å²) in [5.74, 6) is 0.631. The van der Waals surface area contributed by atoms with E-state index in [4.69, 9.17) is 9.97 Å². The molecule has 0 spiro atoms. The first-order valence-corrected chi connectivity index (χ1v) is 23.2. The van der Waals surface area contributed by atoms with Gasteiger partial charge in [0.05, 0.1) is 22.4 Å². The summed E-state index contributed by atoms with van der Waals surface area (Å²) in [6.07, 6.45) is 0. The van der Waals surface area contributed by atoms with E-state index in [-0.39, 0.29) is 0 Å². The molecule has 0 aliphatic rings. The molecule has 0 saturated carbocycles. The lowest BCUT2D eigenvalue weighted by atomic mass is 10.0. The van der Waals surface area contributed by atoms with Gasteiger partial charge in [-0.1, -0.05) is 237 Å². The number of fused-ring (bicyclic) bond motifs is 3. The summed E-state index contributed by atoms with van der Waals surface area (Å²) < 4.78 is 2.27. The molecule has 0 aliphatic carbocycles. The molecule has 292 valence electrons. The van der Waals surface area contributed by atoms with E-state index in [1.165, 1.54) is 37.3 Å². The molecule has 2 heterocycles. The van der Waals surface area contributed by atoms with Crippen LogP contribution < -0.4 is 20.7 Å². The maximum absolute atomic E-state index is 5.57. The summed E-state index contributed by atoms with van der Waals surface area (Å²) in [6, 6.07) is 89.9. The first kappa shape index (κ1) is 37.1. The number of para-hydroxylation sites is 2. The molecule has 9 aromatic carbocycles. The monoisotopic (exact) mass is 807 g/mol. The zero-order valence-corrected chi connectivity index (χ0v) is 35.0.